The number of amidine groups is 1. The summed E-state index contributed by atoms with van der Waals surface area (Å²) in [7, 11) is 0. The predicted octanol–water partition coefficient (Wildman–Crippen LogP) is 1.61. The first-order valence-electron chi connectivity index (χ1n) is 6.01. The molecule has 1 amide bonds. The van der Waals surface area contributed by atoms with E-state index < -0.39 is 0 Å². The van der Waals surface area contributed by atoms with Crippen LogP contribution in [-0.2, 0) is 6.54 Å². The molecule has 0 aliphatic rings. The van der Waals surface area contributed by atoms with E-state index in [-0.39, 0.29) is 11.7 Å². The fraction of sp³-hybridized carbons (Fsp3) is 0.143. The van der Waals surface area contributed by atoms with E-state index in [1.807, 2.05) is 6.07 Å². The largest absolute Gasteiger partial charge is 0.459 e. The summed E-state index contributed by atoms with van der Waals surface area (Å²) in [6, 6.07) is 8.80. The summed E-state index contributed by atoms with van der Waals surface area (Å²) in [5.41, 5.74) is 7.73. The van der Waals surface area contributed by atoms with E-state index in [0.29, 0.717) is 17.9 Å². The molecule has 0 bridgehead atoms. The Labute approximate surface area is 115 Å². The smallest absolute Gasteiger partial charge is 0.287 e. The molecule has 6 heteroatoms. The standard InChI is InChI=1S/C14H15N3O3/c1-9-5-6-20-12(9)14(18)16-8-10-3-2-4-11(7-10)13(15)17-19/h2-7,19H,8H2,1H3,(H2,15,17)(H,16,18). The monoisotopic (exact) mass is 273 g/mol. The van der Waals surface area contributed by atoms with Crippen LogP contribution in [0.1, 0.15) is 27.2 Å². The number of nitrogens with one attached hydrogen (secondary N) is 1. The van der Waals surface area contributed by atoms with Crippen LogP contribution in [0.2, 0.25) is 0 Å². The van der Waals surface area contributed by atoms with E-state index in [4.69, 9.17) is 15.4 Å². The lowest BCUT2D eigenvalue weighted by atomic mass is 10.1. The van der Waals surface area contributed by atoms with Crippen molar-refractivity contribution in [1.29, 1.82) is 0 Å². The second kappa shape index (κ2) is 5.92. The van der Waals surface area contributed by atoms with Crippen molar-refractivity contribution >= 4 is 11.7 Å². The summed E-state index contributed by atoms with van der Waals surface area (Å²) in [6.45, 7) is 2.13. The number of nitrogens with two attached hydrogens (primary N) is 1. The van der Waals surface area contributed by atoms with Gasteiger partial charge in [0.05, 0.1) is 6.26 Å². The van der Waals surface area contributed by atoms with Gasteiger partial charge in [0.15, 0.2) is 11.6 Å². The molecule has 1 heterocycles. The Morgan fingerprint density at radius 3 is 2.90 bits per heavy atom. The Bertz CT molecular complexity index is 647. The quantitative estimate of drug-likeness (QED) is 0.341. The first-order chi connectivity index (χ1) is 9.61. The average Bonchev–Trinajstić information content (AvgIpc) is 2.90. The Balaban J connectivity index is 2.05. The molecule has 0 atom stereocenters. The van der Waals surface area contributed by atoms with Crippen LogP contribution in [0.5, 0.6) is 0 Å². The van der Waals surface area contributed by atoms with Gasteiger partial charge in [0, 0.05) is 17.7 Å². The van der Waals surface area contributed by atoms with Crippen molar-refractivity contribution in [3.05, 3.63) is 59.0 Å². The zero-order valence-electron chi connectivity index (χ0n) is 11.0. The fourth-order valence-corrected chi connectivity index (χ4v) is 1.77. The van der Waals surface area contributed by atoms with Gasteiger partial charge in [-0.3, -0.25) is 4.79 Å². The number of carbonyl (C=O) groups excluding carboxylic acids is 1. The first-order valence-corrected chi connectivity index (χ1v) is 6.01. The number of benzene rings is 1. The highest BCUT2D eigenvalue weighted by atomic mass is 16.4. The molecule has 2 rings (SSSR count). The van der Waals surface area contributed by atoms with Crippen molar-refractivity contribution in [3.63, 3.8) is 0 Å². The third-order valence-electron chi connectivity index (χ3n) is 2.85. The maximum atomic E-state index is 11.9. The van der Waals surface area contributed by atoms with Gasteiger partial charge in [0.25, 0.3) is 5.91 Å². The van der Waals surface area contributed by atoms with Gasteiger partial charge < -0.3 is 20.7 Å². The van der Waals surface area contributed by atoms with Gasteiger partial charge >= 0.3 is 0 Å². The number of hydrogen-bond donors (Lipinski definition) is 3. The second-order valence-electron chi connectivity index (χ2n) is 4.30. The summed E-state index contributed by atoms with van der Waals surface area (Å²) < 4.78 is 5.11. The average molecular weight is 273 g/mol. The molecule has 0 saturated carbocycles. The fourth-order valence-electron chi connectivity index (χ4n) is 1.77. The Morgan fingerprint density at radius 1 is 1.45 bits per heavy atom. The zero-order chi connectivity index (χ0) is 14.5. The van der Waals surface area contributed by atoms with Crippen LogP contribution in [-0.4, -0.2) is 17.0 Å². The molecular formula is C14H15N3O3. The van der Waals surface area contributed by atoms with Crippen molar-refractivity contribution in [1.82, 2.24) is 5.32 Å². The molecule has 0 radical (unpaired) electrons. The molecule has 2 aromatic rings. The van der Waals surface area contributed by atoms with Gasteiger partial charge in [-0.2, -0.15) is 0 Å². The molecule has 0 aliphatic carbocycles. The Hall–Kier alpha value is -2.76. The SMILES string of the molecule is Cc1ccoc1C(=O)NCc1cccc(C(N)=NO)c1. The highest BCUT2D eigenvalue weighted by Crippen LogP contribution is 2.09. The number of oxime groups is 1. The number of amides is 1. The first kappa shape index (κ1) is 13.7. The molecule has 0 fully saturated rings. The lowest BCUT2D eigenvalue weighted by molar-refractivity contribution is 0.0922. The number of rotatable bonds is 4. The predicted molar refractivity (Wildman–Crippen MR) is 73.6 cm³/mol. The second-order valence-corrected chi connectivity index (χ2v) is 4.30. The molecule has 0 unspecified atom stereocenters. The maximum absolute atomic E-state index is 11.9. The third kappa shape index (κ3) is 2.97. The minimum absolute atomic E-state index is 0.0278. The number of hydrogen-bond acceptors (Lipinski definition) is 4. The summed E-state index contributed by atoms with van der Waals surface area (Å²) in [4.78, 5) is 11.9. The van der Waals surface area contributed by atoms with Crippen molar-refractivity contribution < 1.29 is 14.4 Å². The van der Waals surface area contributed by atoms with Crippen molar-refractivity contribution in [2.75, 3.05) is 0 Å². The lowest BCUT2D eigenvalue weighted by Gasteiger charge is -2.06. The van der Waals surface area contributed by atoms with E-state index in [1.54, 1.807) is 31.2 Å². The highest BCUT2D eigenvalue weighted by molar-refractivity contribution is 5.97. The van der Waals surface area contributed by atoms with Crippen molar-refractivity contribution in [2.45, 2.75) is 13.5 Å². The number of nitrogens with zero attached hydrogens (tertiary/aromatic N) is 1. The highest BCUT2D eigenvalue weighted by Gasteiger charge is 2.12. The third-order valence-corrected chi connectivity index (χ3v) is 2.85. The minimum Gasteiger partial charge on any atom is -0.459 e. The molecule has 1 aromatic carbocycles. The zero-order valence-corrected chi connectivity index (χ0v) is 11.0. The molecule has 0 spiro atoms. The van der Waals surface area contributed by atoms with Gasteiger partial charge in [-0.1, -0.05) is 23.4 Å². The van der Waals surface area contributed by atoms with E-state index in [1.165, 1.54) is 6.26 Å². The molecular weight excluding hydrogens is 258 g/mol. The van der Waals surface area contributed by atoms with Crippen molar-refractivity contribution in [2.24, 2.45) is 10.9 Å². The molecule has 104 valence electrons. The van der Waals surface area contributed by atoms with E-state index in [0.717, 1.165) is 11.1 Å². The number of furan rings is 1. The minimum atomic E-state index is -0.276. The van der Waals surface area contributed by atoms with Gasteiger partial charge in [0.1, 0.15) is 0 Å². The molecule has 1 aromatic heterocycles. The number of aryl methyl sites for hydroxylation is 1. The molecule has 6 nitrogen and oxygen atoms in total. The maximum Gasteiger partial charge on any atom is 0.287 e. The lowest BCUT2D eigenvalue weighted by Crippen LogP contribution is -2.23. The molecule has 20 heavy (non-hydrogen) atoms. The van der Waals surface area contributed by atoms with Gasteiger partial charge in [-0.25, -0.2) is 0 Å². The molecule has 4 N–H and O–H groups in total. The Morgan fingerprint density at radius 2 is 2.25 bits per heavy atom. The van der Waals surface area contributed by atoms with Crippen LogP contribution in [0.3, 0.4) is 0 Å². The van der Waals surface area contributed by atoms with E-state index in [2.05, 4.69) is 10.5 Å². The van der Waals surface area contributed by atoms with Gasteiger partial charge in [0.2, 0.25) is 0 Å². The molecule has 0 saturated heterocycles. The molecule has 0 aliphatic heterocycles. The number of carbonyl (C=O) groups is 1. The van der Waals surface area contributed by atoms with Gasteiger partial charge in [-0.15, -0.1) is 0 Å². The topological polar surface area (TPSA) is 101 Å². The van der Waals surface area contributed by atoms with Crippen LogP contribution in [0.15, 0.2) is 46.2 Å². The normalized spacial score (nSPS) is 11.3. The van der Waals surface area contributed by atoms with Crippen LogP contribution in [0.4, 0.5) is 0 Å². The summed E-state index contributed by atoms with van der Waals surface area (Å²) in [6.07, 6.45) is 1.48. The van der Waals surface area contributed by atoms with Gasteiger partial charge in [-0.05, 0) is 24.6 Å². The van der Waals surface area contributed by atoms with Crippen LogP contribution in [0, 0.1) is 6.92 Å². The van der Waals surface area contributed by atoms with Crippen LogP contribution in [0.25, 0.3) is 0 Å². The Kier molecular flexibility index (Phi) is 4.05. The van der Waals surface area contributed by atoms with E-state index >= 15 is 0 Å². The van der Waals surface area contributed by atoms with Crippen LogP contribution < -0.4 is 11.1 Å². The summed E-state index contributed by atoms with van der Waals surface area (Å²) >= 11 is 0. The summed E-state index contributed by atoms with van der Waals surface area (Å²) in [5.74, 6) is 0.0549. The van der Waals surface area contributed by atoms with E-state index in [9.17, 15) is 4.79 Å². The summed E-state index contributed by atoms with van der Waals surface area (Å²) in [5, 5.41) is 14.3. The van der Waals surface area contributed by atoms with Crippen molar-refractivity contribution in [3.8, 4) is 0 Å². The van der Waals surface area contributed by atoms with Crippen LogP contribution >= 0.6 is 0 Å².